The Morgan fingerprint density at radius 1 is 1.11 bits per heavy atom. The maximum Gasteiger partial charge on any atom is 0.141 e. The predicted molar refractivity (Wildman–Crippen MR) is 75.1 cm³/mol. The van der Waals surface area contributed by atoms with Gasteiger partial charge in [-0.2, -0.15) is 0 Å². The van der Waals surface area contributed by atoms with Gasteiger partial charge in [0.05, 0.1) is 11.6 Å². The number of nitrogens with two attached hydrogens (primary N) is 1. The summed E-state index contributed by atoms with van der Waals surface area (Å²) >= 11 is 3.45. The van der Waals surface area contributed by atoms with Gasteiger partial charge >= 0.3 is 0 Å². The second kappa shape index (κ2) is 5.89. The van der Waals surface area contributed by atoms with E-state index in [1.165, 1.54) is 0 Å². The highest BCUT2D eigenvalue weighted by Crippen LogP contribution is 2.32. The summed E-state index contributed by atoms with van der Waals surface area (Å²) in [4.78, 5) is 0. The van der Waals surface area contributed by atoms with Crippen molar-refractivity contribution in [2.24, 2.45) is 5.73 Å². The smallest absolute Gasteiger partial charge is 0.141 e. The molecule has 0 saturated carbocycles. The van der Waals surface area contributed by atoms with E-state index in [1.54, 1.807) is 7.11 Å². The molecule has 4 heteroatoms. The number of halogens is 1. The third kappa shape index (κ3) is 3.03. The van der Waals surface area contributed by atoms with Crippen molar-refractivity contribution in [2.45, 2.75) is 6.54 Å². The fraction of sp³-hybridized carbons (Fsp3) is 0.143. The van der Waals surface area contributed by atoms with E-state index < -0.39 is 0 Å². The van der Waals surface area contributed by atoms with Gasteiger partial charge in [-0.25, -0.2) is 0 Å². The molecular weight excluding hydrogens is 294 g/mol. The van der Waals surface area contributed by atoms with E-state index in [4.69, 9.17) is 15.2 Å². The van der Waals surface area contributed by atoms with Gasteiger partial charge in [0.25, 0.3) is 0 Å². The zero-order valence-corrected chi connectivity index (χ0v) is 11.6. The molecule has 18 heavy (non-hydrogen) atoms. The predicted octanol–water partition coefficient (Wildman–Crippen LogP) is 3.71. The average molecular weight is 308 g/mol. The van der Waals surface area contributed by atoms with Gasteiger partial charge in [0.15, 0.2) is 0 Å². The normalized spacial score (nSPS) is 10.2. The number of methoxy groups -OCH3 is 1. The minimum absolute atomic E-state index is 0.501. The van der Waals surface area contributed by atoms with Gasteiger partial charge in [-0.3, -0.25) is 0 Å². The standard InChI is InChI=1S/C14H14BrNO2/c1-17-11-5-6-14(13(15)8-11)18-12-4-2-3-10(7-12)9-16/h2-8H,9,16H2,1H3. The van der Waals surface area contributed by atoms with Gasteiger partial charge in [-0.05, 0) is 51.8 Å². The van der Waals surface area contributed by atoms with Crippen molar-refractivity contribution in [2.75, 3.05) is 7.11 Å². The van der Waals surface area contributed by atoms with Gasteiger partial charge in [-0.15, -0.1) is 0 Å². The van der Waals surface area contributed by atoms with Crippen molar-refractivity contribution >= 4 is 15.9 Å². The second-order valence-electron chi connectivity index (χ2n) is 3.75. The molecule has 2 aromatic rings. The van der Waals surface area contributed by atoms with E-state index in [0.717, 1.165) is 27.3 Å². The summed E-state index contributed by atoms with van der Waals surface area (Å²) in [6, 6.07) is 13.3. The number of rotatable bonds is 4. The zero-order valence-electron chi connectivity index (χ0n) is 10.0. The summed E-state index contributed by atoms with van der Waals surface area (Å²) in [5.41, 5.74) is 6.64. The third-order valence-electron chi connectivity index (χ3n) is 2.50. The molecule has 0 atom stereocenters. The molecule has 2 rings (SSSR count). The Morgan fingerprint density at radius 2 is 1.94 bits per heavy atom. The van der Waals surface area contributed by atoms with Gasteiger partial charge in [-0.1, -0.05) is 12.1 Å². The molecular formula is C14H14BrNO2. The first-order chi connectivity index (χ1) is 8.72. The van der Waals surface area contributed by atoms with Crippen LogP contribution in [-0.4, -0.2) is 7.11 Å². The molecule has 0 fully saturated rings. The molecule has 0 spiro atoms. The molecule has 0 amide bonds. The van der Waals surface area contributed by atoms with Crippen molar-refractivity contribution < 1.29 is 9.47 Å². The van der Waals surface area contributed by atoms with Crippen LogP contribution in [0, 0.1) is 0 Å². The summed E-state index contributed by atoms with van der Waals surface area (Å²) < 4.78 is 11.8. The van der Waals surface area contributed by atoms with Crippen LogP contribution in [0.25, 0.3) is 0 Å². The maximum atomic E-state index is 5.79. The van der Waals surface area contributed by atoms with Crippen molar-refractivity contribution in [1.29, 1.82) is 0 Å². The highest BCUT2D eigenvalue weighted by Gasteiger charge is 2.04. The van der Waals surface area contributed by atoms with E-state index in [-0.39, 0.29) is 0 Å². The monoisotopic (exact) mass is 307 g/mol. The summed E-state index contributed by atoms with van der Waals surface area (Å²) in [5, 5.41) is 0. The van der Waals surface area contributed by atoms with E-state index in [9.17, 15) is 0 Å². The highest BCUT2D eigenvalue weighted by atomic mass is 79.9. The fourth-order valence-corrected chi connectivity index (χ4v) is 1.99. The molecule has 0 radical (unpaired) electrons. The van der Waals surface area contributed by atoms with E-state index in [2.05, 4.69) is 15.9 Å². The average Bonchev–Trinajstić information content (AvgIpc) is 2.41. The van der Waals surface area contributed by atoms with Crippen LogP contribution < -0.4 is 15.2 Å². The van der Waals surface area contributed by atoms with Crippen molar-refractivity contribution in [3.63, 3.8) is 0 Å². The summed E-state index contributed by atoms with van der Waals surface area (Å²) in [5.74, 6) is 2.29. The molecule has 94 valence electrons. The second-order valence-corrected chi connectivity index (χ2v) is 4.60. The lowest BCUT2D eigenvalue weighted by molar-refractivity contribution is 0.412. The topological polar surface area (TPSA) is 44.5 Å². The lowest BCUT2D eigenvalue weighted by atomic mass is 10.2. The van der Waals surface area contributed by atoms with Gasteiger partial charge < -0.3 is 15.2 Å². The number of hydrogen-bond acceptors (Lipinski definition) is 3. The van der Waals surface area contributed by atoms with Crippen LogP contribution in [0.5, 0.6) is 17.2 Å². The molecule has 0 heterocycles. The first-order valence-corrected chi connectivity index (χ1v) is 6.32. The Labute approximate surface area is 115 Å². The van der Waals surface area contributed by atoms with Gasteiger partial charge in [0.1, 0.15) is 17.2 Å². The van der Waals surface area contributed by atoms with Gasteiger partial charge in [0.2, 0.25) is 0 Å². The van der Waals surface area contributed by atoms with E-state index >= 15 is 0 Å². The van der Waals surface area contributed by atoms with E-state index in [0.29, 0.717) is 6.54 Å². The SMILES string of the molecule is COc1ccc(Oc2cccc(CN)c2)c(Br)c1. The number of benzene rings is 2. The maximum absolute atomic E-state index is 5.79. The summed E-state index contributed by atoms with van der Waals surface area (Å²) in [7, 11) is 1.63. The van der Waals surface area contributed by atoms with Crippen LogP contribution in [0.1, 0.15) is 5.56 Å². The molecule has 0 aliphatic carbocycles. The lowest BCUT2D eigenvalue weighted by Crippen LogP contribution is -1.96. The minimum atomic E-state index is 0.501. The Bertz CT molecular complexity index is 543. The third-order valence-corrected chi connectivity index (χ3v) is 3.12. The number of hydrogen-bond donors (Lipinski definition) is 1. The highest BCUT2D eigenvalue weighted by molar-refractivity contribution is 9.10. The molecule has 2 N–H and O–H groups in total. The van der Waals surface area contributed by atoms with Crippen LogP contribution in [-0.2, 0) is 6.54 Å². The molecule has 0 aliphatic rings. The van der Waals surface area contributed by atoms with Crippen LogP contribution in [0.4, 0.5) is 0 Å². The summed E-state index contributed by atoms with van der Waals surface area (Å²) in [6.07, 6.45) is 0. The fourth-order valence-electron chi connectivity index (χ4n) is 1.55. The van der Waals surface area contributed by atoms with Crippen molar-refractivity contribution in [3.8, 4) is 17.2 Å². The molecule has 2 aromatic carbocycles. The first-order valence-electron chi connectivity index (χ1n) is 5.53. The zero-order chi connectivity index (χ0) is 13.0. The quantitative estimate of drug-likeness (QED) is 0.936. The Balaban J connectivity index is 2.22. The van der Waals surface area contributed by atoms with E-state index in [1.807, 2.05) is 42.5 Å². The first kappa shape index (κ1) is 12.9. The largest absolute Gasteiger partial charge is 0.497 e. The minimum Gasteiger partial charge on any atom is -0.497 e. The van der Waals surface area contributed by atoms with Crippen LogP contribution in [0.3, 0.4) is 0 Å². The molecule has 0 aliphatic heterocycles. The summed E-state index contributed by atoms with van der Waals surface area (Å²) in [6.45, 7) is 0.501. The molecule has 0 saturated heterocycles. The van der Waals surface area contributed by atoms with Crippen LogP contribution in [0.2, 0.25) is 0 Å². The van der Waals surface area contributed by atoms with Gasteiger partial charge in [0, 0.05) is 6.54 Å². The Morgan fingerprint density at radius 3 is 2.61 bits per heavy atom. The van der Waals surface area contributed by atoms with Crippen molar-refractivity contribution in [3.05, 3.63) is 52.5 Å². The van der Waals surface area contributed by atoms with Crippen LogP contribution >= 0.6 is 15.9 Å². The van der Waals surface area contributed by atoms with Crippen molar-refractivity contribution in [1.82, 2.24) is 0 Å². The molecule has 0 bridgehead atoms. The lowest BCUT2D eigenvalue weighted by Gasteiger charge is -2.09. The van der Waals surface area contributed by atoms with Crippen LogP contribution in [0.15, 0.2) is 46.9 Å². The Hall–Kier alpha value is -1.52. The molecule has 0 unspecified atom stereocenters. The Kier molecular flexibility index (Phi) is 4.23. The number of ether oxygens (including phenoxy) is 2. The molecule has 0 aromatic heterocycles. The molecule has 3 nitrogen and oxygen atoms in total.